The van der Waals surface area contributed by atoms with E-state index >= 15 is 0 Å². The summed E-state index contributed by atoms with van der Waals surface area (Å²) >= 11 is 5.61. The van der Waals surface area contributed by atoms with Gasteiger partial charge in [-0.05, 0) is 55.0 Å². The van der Waals surface area contributed by atoms with Crippen molar-refractivity contribution in [1.82, 2.24) is 20.2 Å². The molecule has 4 aromatic rings. The highest BCUT2D eigenvalue weighted by atomic mass is 35.5. The molecule has 2 aromatic carbocycles. The van der Waals surface area contributed by atoms with Gasteiger partial charge < -0.3 is 16.0 Å². The zero-order valence-corrected chi connectivity index (χ0v) is 19.2. The molecule has 0 saturated heterocycles. The maximum atomic E-state index is 13.0. The highest BCUT2D eigenvalue weighted by molar-refractivity contribution is 6.31. The molecule has 0 aliphatic rings. The maximum Gasteiger partial charge on any atom is 0.417 e. The Bertz CT molecular complexity index is 1480. The Morgan fingerprint density at radius 1 is 1.06 bits per heavy atom. The molecule has 0 atom stereocenters. The van der Waals surface area contributed by atoms with Crippen LogP contribution in [0.4, 0.5) is 41.0 Å². The third kappa shape index (κ3) is 5.70. The van der Waals surface area contributed by atoms with Crippen molar-refractivity contribution in [2.75, 3.05) is 16.0 Å². The second-order valence-corrected chi connectivity index (χ2v) is 7.88. The summed E-state index contributed by atoms with van der Waals surface area (Å²) in [5, 5.41) is 22.9. The van der Waals surface area contributed by atoms with Crippen LogP contribution in [0.1, 0.15) is 16.8 Å². The van der Waals surface area contributed by atoms with Gasteiger partial charge >= 0.3 is 12.2 Å². The molecule has 0 fully saturated rings. The van der Waals surface area contributed by atoms with Crippen LogP contribution in [0.15, 0.2) is 54.7 Å². The number of rotatable bonds is 5. The lowest BCUT2D eigenvalue weighted by Gasteiger charge is -2.13. The predicted octanol–water partition coefficient (Wildman–Crippen LogP) is 6.11. The number of hydrogen-bond donors (Lipinski definition) is 4. The van der Waals surface area contributed by atoms with Gasteiger partial charge in [-0.3, -0.25) is 5.10 Å². The number of aromatic amines is 1. The minimum atomic E-state index is -4.65. The van der Waals surface area contributed by atoms with Crippen LogP contribution in [0.2, 0.25) is 5.02 Å². The third-order valence-electron chi connectivity index (χ3n) is 4.86. The van der Waals surface area contributed by atoms with E-state index in [1.54, 1.807) is 37.4 Å². The Morgan fingerprint density at radius 2 is 1.78 bits per heavy atom. The van der Waals surface area contributed by atoms with Crippen molar-refractivity contribution in [3.05, 3.63) is 76.6 Å². The number of nitrogens with zero attached hydrogens (tertiary/aromatic N) is 4. The van der Waals surface area contributed by atoms with Gasteiger partial charge in [0, 0.05) is 29.2 Å². The van der Waals surface area contributed by atoms with Crippen molar-refractivity contribution < 1.29 is 18.0 Å². The fraction of sp³-hybridized carbons (Fsp3) is 0.0870. The molecule has 9 nitrogen and oxygen atoms in total. The summed E-state index contributed by atoms with van der Waals surface area (Å²) in [5.74, 6) is 1.28. The first-order valence-corrected chi connectivity index (χ1v) is 10.6. The predicted molar refractivity (Wildman–Crippen MR) is 128 cm³/mol. The first kappa shape index (κ1) is 24.5. The van der Waals surface area contributed by atoms with Crippen LogP contribution < -0.4 is 16.0 Å². The number of nitrogens with one attached hydrogen (secondary N) is 4. The van der Waals surface area contributed by atoms with Gasteiger partial charge in [0.1, 0.15) is 17.6 Å². The van der Waals surface area contributed by atoms with E-state index in [1.807, 2.05) is 6.07 Å². The van der Waals surface area contributed by atoms with Crippen LogP contribution in [-0.2, 0) is 6.18 Å². The van der Waals surface area contributed by atoms with Crippen LogP contribution in [0, 0.1) is 18.3 Å². The van der Waals surface area contributed by atoms with Gasteiger partial charge in [-0.15, -0.1) is 0 Å². The number of amides is 2. The highest BCUT2D eigenvalue weighted by Gasteiger charge is 2.33. The van der Waals surface area contributed by atoms with Crippen LogP contribution in [0.25, 0.3) is 11.4 Å². The Morgan fingerprint density at radius 3 is 2.44 bits per heavy atom. The number of carbonyl (C=O) groups is 1. The number of halogens is 4. The Balaban J connectivity index is 1.46. The number of nitriles is 1. The summed E-state index contributed by atoms with van der Waals surface area (Å²) < 4.78 is 39.1. The molecule has 0 unspecified atom stereocenters. The summed E-state index contributed by atoms with van der Waals surface area (Å²) in [6.07, 6.45) is -3.09. The van der Waals surface area contributed by atoms with Crippen molar-refractivity contribution in [3.8, 4) is 17.5 Å². The Labute approximate surface area is 207 Å². The highest BCUT2D eigenvalue weighted by Crippen LogP contribution is 2.36. The lowest BCUT2D eigenvalue weighted by Crippen LogP contribution is -2.20. The van der Waals surface area contributed by atoms with Crippen LogP contribution in [0.5, 0.6) is 0 Å². The number of hydrogen-bond acceptors (Lipinski definition) is 6. The van der Waals surface area contributed by atoms with E-state index in [0.717, 1.165) is 17.7 Å². The molecule has 0 aliphatic heterocycles. The minimum Gasteiger partial charge on any atom is -0.323 e. The fourth-order valence-electron chi connectivity index (χ4n) is 3.24. The van der Waals surface area contributed by atoms with Crippen molar-refractivity contribution >= 4 is 40.6 Å². The second kappa shape index (κ2) is 9.93. The molecule has 2 aromatic heterocycles. The number of anilines is 4. The standard InChI is InChI=1S/C23H16ClF3N8O/c1-12-8-13(30-22(36)31-14-3-5-18(24)17(9-14)23(25,26)27)2-4-16(12)21-29-7-6-19(33-21)32-20-10-15(11-28)34-35-20/h2-10H,1H3,(H2,30,31,36)(H2,29,32,33,34,35). The number of alkyl halides is 3. The van der Waals surface area contributed by atoms with Gasteiger partial charge in [-0.25, -0.2) is 14.8 Å². The smallest absolute Gasteiger partial charge is 0.323 e. The summed E-state index contributed by atoms with van der Waals surface area (Å²) in [6.45, 7) is 1.80. The van der Waals surface area contributed by atoms with Crippen LogP contribution in [-0.4, -0.2) is 26.2 Å². The molecular formula is C23H16ClF3N8O. The summed E-state index contributed by atoms with van der Waals surface area (Å²) in [4.78, 5) is 21.1. The topological polar surface area (TPSA) is 131 Å². The molecule has 4 N–H and O–H groups in total. The fourth-order valence-corrected chi connectivity index (χ4v) is 3.46. The molecule has 0 aliphatic carbocycles. The molecule has 36 heavy (non-hydrogen) atoms. The van der Waals surface area contributed by atoms with E-state index < -0.39 is 22.8 Å². The molecule has 4 rings (SSSR count). The molecule has 0 saturated carbocycles. The lowest BCUT2D eigenvalue weighted by atomic mass is 10.1. The van der Waals surface area contributed by atoms with Gasteiger partial charge in [0.05, 0.1) is 10.6 Å². The molecule has 13 heteroatoms. The van der Waals surface area contributed by atoms with Crippen molar-refractivity contribution in [1.29, 1.82) is 5.26 Å². The number of urea groups is 1. The van der Waals surface area contributed by atoms with E-state index in [9.17, 15) is 18.0 Å². The summed E-state index contributed by atoms with van der Waals surface area (Å²) in [6, 6.07) is 12.5. The van der Waals surface area contributed by atoms with Crippen LogP contribution in [0.3, 0.4) is 0 Å². The molecule has 0 spiro atoms. The van der Waals surface area contributed by atoms with Gasteiger partial charge in [0.2, 0.25) is 0 Å². The van der Waals surface area contributed by atoms with Gasteiger partial charge in [0.25, 0.3) is 0 Å². The average Bonchev–Trinajstić information content (AvgIpc) is 3.27. The normalized spacial score (nSPS) is 11.0. The Kier molecular flexibility index (Phi) is 6.75. The third-order valence-corrected chi connectivity index (χ3v) is 5.19. The average molecular weight is 513 g/mol. The molecule has 182 valence electrons. The Hall–Kier alpha value is -4.63. The van der Waals surface area contributed by atoms with E-state index in [2.05, 4.69) is 36.1 Å². The number of aryl methyl sites for hydroxylation is 1. The van der Waals surface area contributed by atoms with Gasteiger partial charge in [-0.2, -0.15) is 23.5 Å². The molecule has 2 amide bonds. The van der Waals surface area contributed by atoms with E-state index in [0.29, 0.717) is 34.4 Å². The van der Waals surface area contributed by atoms with E-state index in [-0.39, 0.29) is 5.69 Å². The lowest BCUT2D eigenvalue weighted by molar-refractivity contribution is -0.137. The second-order valence-electron chi connectivity index (χ2n) is 7.47. The van der Waals surface area contributed by atoms with Gasteiger partial charge in [-0.1, -0.05) is 11.6 Å². The first-order chi connectivity index (χ1) is 17.1. The monoisotopic (exact) mass is 512 g/mol. The number of carbonyl (C=O) groups excluding carboxylic acids is 1. The molecule has 0 radical (unpaired) electrons. The van der Waals surface area contributed by atoms with Crippen molar-refractivity contribution in [2.45, 2.75) is 13.1 Å². The molecular weight excluding hydrogens is 497 g/mol. The summed E-state index contributed by atoms with van der Waals surface area (Å²) in [7, 11) is 0. The van der Waals surface area contributed by atoms with Gasteiger partial charge in [0.15, 0.2) is 11.6 Å². The minimum absolute atomic E-state index is 0.0610. The van der Waals surface area contributed by atoms with Crippen LogP contribution >= 0.6 is 11.6 Å². The molecule has 2 heterocycles. The summed E-state index contributed by atoms with van der Waals surface area (Å²) in [5.41, 5.74) is 1.03. The SMILES string of the molecule is Cc1cc(NC(=O)Nc2ccc(Cl)c(C(F)(F)F)c2)ccc1-c1nccc(Nc2cc(C#N)[nH]n2)n1. The maximum absolute atomic E-state index is 13.0. The van der Waals surface area contributed by atoms with E-state index in [4.69, 9.17) is 16.9 Å². The zero-order valence-electron chi connectivity index (χ0n) is 18.4. The number of H-pyrrole nitrogens is 1. The molecule has 0 bridgehead atoms. The van der Waals surface area contributed by atoms with E-state index in [1.165, 1.54) is 12.1 Å². The van der Waals surface area contributed by atoms with Crippen molar-refractivity contribution in [3.63, 3.8) is 0 Å². The van der Waals surface area contributed by atoms with Crippen molar-refractivity contribution in [2.24, 2.45) is 0 Å². The first-order valence-electron chi connectivity index (χ1n) is 10.2. The largest absolute Gasteiger partial charge is 0.417 e. The number of aromatic nitrogens is 4. The zero-order chi connectivity index (χ0) is 25.9. The quantitative estimate of drug-likeness (QED) is 0.255. The number of benzene rings is 2.